The lowest BCUT2D eigenvalue weighted by Crippen LogP contribution is -2.39. The number of benzene rings is 2. The van der Waals surface area contributed by atoms with Crippen molar-refractivity contribution in [2.24, 2.45) is 0 Å². The highest BCUT2D eigenvalue weighted by Gasteiger charge is 2.24. The number of alkyl carbamates (subject to hydrolysis) is 1. The molecule has 0 saturated carbocycles. The van der Waals surface area contributed by atoms with Crippen LogP contribution in [0.1, 0.15) is 75.0 Å². The molecule has 2 aromatic rings. The summed E-state index contributed by atoms with van der Waals surface area (Å²) in [5.41, 5.74) is 4.34. The number of ether oxygens (including phenoxy) is 2. The maximum absolute atomic E-state index is 12.8. The molecule has 0 fully saturated rings. The molecule has 1 aliphatic rings. The number of amides is 3. The lowest BCUT2D eigenvalue weighted by Gasteiger charge is -2.30. The quantitative estimate of drug-likeness (QED) is 0.482. The van der Waals surface area contributed by atoms with Crippen LogP contribution in [-0.2, 0) is 16.0 Å². The van der Waals surface area contributed by atoms with E-state index in [9.17, 15) is 14.4 Å². The van der Waals surface area contributed by atoms with E-state index in [1.165, 1.54) is 5.57 Å². The van der Waals surface area contributed by atoms with Gasteiger partial charge in [0.05, 0.1) is 0 Å². The first-order valence-corrected chi connectivity index (χ1v) is 12.9. The van der Waals surface area contributed by atoms with Crippen molar-refractivity contribution >= 4 is 29.4 Å². The molecule has 8 heteroatoms. The van der Waals surface area contributed by atoms with E-state index >= 15 is 0 Å². The van der Waals surface area contributed by atoms with Crippen LogP contribution in [0.25, 0.3) is 5.57 Å². The maximum Gasteiger partial charge on any atom is 0.410 e. The average Bonchev–Trinajstić information content (AvgIpc) is 2.81. The molecule has 0 unspecified atom stereocenters. The fraction of sp³-hybridized carbons (Fsp3) is 0.433. The molecule has 0 saturated heterocycles. The number of hydrogen-bond donors (Lipinski definition) is 2. The van der Waals surface area contributed by atoms with Gasteiger partial charge in [-0.25, -0.2) is 9.59 Å². The second-order valence-corrected chi connectivity index (χ2v) is 11.4. The number of nitrogens with zero attached hydrogens (tertiary/aromatic N) is 1. The summed E-state index contributed by atoms with van der Waals surface area (Å²) >= 11 is 0. The molecule has 3 rings (SSSR count). The molecule has 3 amide bonds. The van der Waals surface area contributed by atoms with E-state index in [1.54, 1.807) is 29.2 Å². The van der Waals surface area contributed by atoms with Gasteiger partial charge in [-0.2, -0.15) is 0 Å². The summed E-state index contributed by atoms with van der Waals surface area (Å²) in [6.07, 6.45) is 2.02. The van der Waals surface area contributed by atoms with Crippen molar-refractivity contribution in [1.29, 1.82) is 0 Å². The Morgan fingerprint density at radius 2 is 1.58 bits per heavy atom. The monoisotopic (exact) mass is 521 g/mol. The van der Waals surface area contributed by atoms with Crippen LogP contribution in [0.4, 0.5) is 15.3 Å². The highest BCUT2D eigenvalue weighted by Crippen LogP contribution is 2.28. The predicted molar refractivity (Wildman–Crippen MR) is 149 cm³/mol. The summed E-state index contributed by atoms with van der Waals surface area (Å²) in [4.78, 5) is 38.6. The van der Waals surface area contributed by atoms with E-state index in [4.69, 9.17) is 9.47 Å². The summed E-state index contributed by atoms with van der Waals surface area (Å²) in [6, 6.07) is 12.9. The fourth-order valence-corrected chi connectivity index (χ4v) is 3.97. The molecule has 8 nitrogen and oxygen atoms in total. The maximum atomic E-state index is 12.8. The summed E-state index contributed by atoms with van der Waals surface area (Å²) in [7, 11) is 0. The second-order valence-electron chi connectivity index (χ2n) is 11.4. The Morgan fingerprint density at radius 1 is 0.921 bits per heavy atom. The zero-order valence-electron chi connectivity index (χ0n) is 23.4. The molecule has 0 aliphatic carbocycles. The molecule has 2 aromatic carbocycles. The van der Waals surface area contributed by atoms with E-state index < -0.39 is 17.3 Å². The number of carbonyl (C=O) groups is 3. The highest BCUT2D eigenvalue weighted by atomic mass is 16.6. The first kappa shape index (κ1) is 28.8. The molecule has 0 bridgehead atoms. The van der Waals surface area contributed by atoms with Gasteiger partial charge in [-0.15, -0.1) is 0 Å². The molecule has 0 radical (unpaired) electrons. The topological polar surface area (TPSA) is 97.0 Å². The standard InChI is InChI=1S/C30H39N3O5/c1-20-18-24(12-13-25(20)22-14-16-33(17-15-22)28(36)38-30(5,6)7)32-26(34)23-10-8-21(9-11-23)19-31-27(35)37-29(2,3)4/h8-14,18H,15-17,19H2,1-7H3,(H,31,35)(H,32,34). The molecule has 0 aromatic heterocycles. The van der Waals surface area contributed by atoms with Gasteiger partial charge in [0.15, 0.2) is 0 Å². The molecule has 204 valence electrons. The van der Waals surface area contributed by atoms with Gasteiger partial charge < -0.3 is 25.0 Å². The Morgan fingerprint density at radius 3 is 2.13 bits per heavy atom. The van der Waals surface area contributed by atoms with Gasteiger partial charge in [0.2, 0.25) is 0 Å². The SMILES string of the molecule is Cc1cc(NC(=O)c2ccc(CNC(=O)OC(C)(C)C)cc2)ccc1C1=CCN(C(=O)OC(C)(C)C)CC1. The van der Waals surface area contributed by atoms with Crippen molar-refractivity contribution in [3.63, 3.8) is 0 Å². The summed E-state index contributed by atoms with van der Waals surface area (Å²) in [5.74, 6) is -0.214. The first-order valence-electron chi connectivity index (χ1n) is 12.9. The number of hydrogen-bond acceptors (Lipinski definition) is 5. The van der Waals surface area contributed by atoms with E-state index in [0.29, 0.717) is 30.9 Å². The van der Waals surface area contributed by atoms with Gasteiger partial charge in [-0.05, 0) is 101 Å². The van der Waals surface area contributed by atoms with Crippen molar-refractivity contribution in [1.82, 2.24) is 10.2 Å². The molecular weight excluding hydrogens is 482 g/mol. The number of rotatable bonds is 5. The van der Waals surface area contributed by atoms with Crippen molar-refractivity contribution in [2.75, 3.05) is 18.4 Å². The molecule has 0 atom stereocenters. The molecule has 1 aliphatic heterocycles. The van der Waals surface area contributed by atoms with Crippen LogP contribution in [-0.4, -0.2) is 47.3 Å². The number of aryl methyl sites for hydroxylation is 1. The number of nitrogens with one attached hydrogen (secondary N) is 2. The summed E-state index contributed by atoms with van der Waals surface area (Å²) in [5, 5.41) is 5.66. The largest absolute Gasteiger partial charge is 0.444 e. The van der Waals surface area contributed by atoms with Crippen molar-refractivity contribution in [3.05, 3.63) is 70.8 Å². The third-order valence-corrected chi connectivity index (χ3v) is 5.74. The summed E-state index contributed by atoms with van der Waals surface area (Å²) in [6.45, 7) is 14.4. The Kier molecular flexibility index (Phi) is 8.86. The van der Waals surface area contributed by atoms with Gasteiger partial charge in [-0.1, -0.05) is 24.3 Å². The number of carbonyl (C=O) groups excluding carboxylic acids is 3. The van der Waals surface area contributed by atoms with E-state index in [1.807, 2.05) is 66.7 Å². The Hall–Kier alpha value is -3.81. The fourth-order valence-electron chi connectivity index (χ4n) is 3.97. The molecule has 0 spiro atoms. The van der Waals surface area contributed by atoms with Crippen LogP contribution in [0.15, 0.2) is 48.5 Å². The van der Waals surface area contributed by atoms with E-state index in [2.05, 4.69) is 16.7 Å². The van der Waals surface area contributed by atoms with Crippen LogP contribution >= 0.6 is 0 Å². The third-order valence-electron chi connectivity index (χ3n) is 5.74. The van der Waals surface area contributed by atoms with Gasteiger partial charge >= 0.3 is 12.2 Å². The smallest absolute Gasteiger partial charge is 0.410 e. The van der Waals surface area contributed by atoms with Crippen molar-refractivity contribution in [2.45, 2.75) is 72.6 Å². The zero-order valence-corrected chi connectivity index (χ0v) is 23.4. The van der Waals surface area contributed by atoms with E-state index in [0.717, 1.165) is 23.1 Å². The van der Waals surface area contributed by atoms with Crippen LogP contribution in [0.2, 0.25) is 0 Å². The third kappa shape index (κ3) is 8.64. The van der Waals surface area contributed by atoms with Crippen LogP contribution in [0, 0.1) is 6.92 Å². The molecule has 2 N–H and O–H groups in total. The lowest BCUT2D eigenvalue weighted by molar-refractivity contribution is 0.0270. The Bertz CT molecular complexity index is 1200. The minimum Gasteiger partial charge on any atom is -0.444 e. The Labute approximate surface area is 225 Å². The van der Waals surface area contributed by atoms with Gasteiger partial charge in [0.25, 0.3) is 5.91 Å². The average molecular weight is 522 g/mol. The zero-order chi connectivity index (χ0) is 28.1. The van der Waals surface area contributed by atoms with E-state index in [-0.39, 0.29) is 12.0 Å². The minimum absolute atomic E-state index is 0.214. The lowest BCUT2D eigenvalue weighted by atomic mass is 9.95. The molecular formula is C30H39N3O5. The molecule has 38 heavy (non-hydrogen) atoms. The van der Waals surface area contributed by atoms with Crippen molar-refractivity contribution < 1.29 is 23.9 Å². The summed E-state index contributed by atoms with van der Waals surface area (Å²) < 4.78 is 10.7. The first-order chi connectivity index (χ1) is 17.7. The highest BCUT2D eigenvalue weighted by molar-refractivity contribution is 6.04. The van der Waals surface area contributed by atoms with Gasteiger partial charge in [-0.3, -0.25) is 4.79 Å². The Balaban J connectivity index is 1.56. The normalized spacial score (nSPS) is 13.9. The second kappa shape index (κ2) is 11.7. The van der Waals surface area contributed by atoms with Gasteiger partial charge in [0.1, 0.15) is 11.2 Å². The van der Waals surface area contributed by atoms with Gasteiger partial charge in [0, 0.05) is 30.9 Å². The minimum atomic E-state index is -0.557. The number of anilines is 1. The van der Waals surface area contributed by atoms with Crippen LogP contribution in [0.3, 0.4) is 0 Å². The predicted octanol–water partition coefficient (Wildman–Crippen LogP) is 6.30. The van der Waals surface area contributed by atoms with Crippen LogP contribution < -0.4 is 10.6 Å². The van der Waals surface area contributed by atoms with Crippen molar-refractivity contribution in [3.8, 4) is 0 Å². The van der Waals surface area contributed by atoms with Crippen LogP contribution in [0.5, 0.6) is 0 Å². The molecule has 1 heterocycles.